The number of rotatable bonds is 5. The zero-order valence-corrected chi connectivity index (χ0v) is 16.4. The Morgan fingerprint density at radius 1 is 1.14 bits per heavy atom. The van der Waals surface area contributed by atoms with Gasteiger partial charge in [-0.2, -0.15) is 0 Å². The van der Waals surface area contributed by atoms with E-state index in [1.54, 1.807) is 0 Å². The second-order valence-electron chi connectivity index (χ2n) is 5.27. The minimum Gasteiger partial charge on any atom is -0.410 e. The summed E-state index contributed by atoms with van der Waals surface area (Å²) < 4.78 is 42.2. The van der Waals surface area contributed by atoms with Crippen LogP contribution < -0.4 is 9.64 Å². The molecule has 29 heavy (non-hydrogen) atoms. The normalized spacial score (nSPS) is 11.9. The molecule has 0 saturated carbocycles. The molecule has 154 valence electrons. The third kappa shape index (κ3) is 5.53. The third-order valence-electron chi connectivity index (χ3n) is 3.46. The van der Waals surface area contributed by atoms with E-state index in [-0.39, 0.29) is 21.8 Å². The number of alkyl halides is 4. The molecule has 6 nitrogen and oxygen atoms in total. The average Bonchev–Trinajstić information content (AvgIpc) is 2.64. The Labute approximate surface area is 177 Å². The molecule has 0 saturated heterocycles. The summed E-state index contributed by atoms with van der Waals surface area (Å²) in [7, 11) is 0. The van der Waals surface area contributed by atoms with Crippen molar-refractivity contribution in [2.75, 3.05) is 10.8 Å². The van der Waals surface area contributed by atoms with Crippen molar-refractivity contribution in [2.24, 2.45) is 5.16 Å². The minimum absolute atomic E-state index is 0.0689. The van der Waals surface area contributed by atoms with Gasteiger partial charge in [0.15, 0.2) is 0 Å². The van der Waals surface area contributed by atoms with Gasteiger partial charge in [0.2, 0.25) is 5.91 Å². The number of para-hydroxylation sites is 1. The molecule has 0 aromatic heterocycles. The van der Waals surface area contributed by atoms with E-state index in [1.807, 2.05) is 0 Å². The lowest BCUT2D eigenvalue weighted by Gasteiger charge is -2.21. The number of carbonyl (C=O) groups is 2. The van der Waals surface area contributed by atoms with E-state index in [4.69, 9.17) is 34.8 Å². The highest BCUT2D eigenvalue weighted by atomic mass is 35.5. The zero-order valence-electron chi connectivity index (χ0n) is 14.1. The van der Waals surface area contributed by atoms with E-state index in [0.29, 0.717) is 4.90 Å². The van der Waals surface area contributed by atoms with Gasteiger partial charge in [0, 0.05) is 16.1 Å². The number of hydrogen-bond acceptors (Lipinski definition) is 5. The molecule has 0 atom stereocenters. The van der Waals surface area contributed by atoms with Crippen molar-refractivity contribution in [1.82, 2.24) is 0 Å². The molecule has 0 unspecified atom stereocenters. The van der Waals surface area contributed by atoms with E-state index in [0.717, 1.165) is 6.07 Å². The molecular formula is C17H10Cl3F3N2O4. The molecular weight excluding hydrogens is 460 g/mol. The molecule has 2 amide bonds. The van der Waals surface area contributed by atoms with Crippen LogP contribution in [0.3, 0.4) is 0 Å². The Kier molecular flexibility index (Phi) is 7.34. The molecule has 2 rings (SSSR count). The summed E-state index contributed by atoms with van der Waals surface area (Å²) in [5, 5.41) is 11.4. The highest BCUT2D eigenvalue weighted by molar-refractivity contribution is 6.68. The quantitative estimate of drug-likeness (QED) is 0.159. The van der Waals surface area contributed by atoms with Crippen LogP contribution >= 0.6 is 34.8 Å². The van der Waals surface area contributed by atoms with Crippen LogP contribution in [0.15, 0.2) is 47.6 Å². The maximum atomic E-state index is 12.7. The Morgan fingerprint density at radius 2 is 1.79 bits per heavy atom. The van der Waals surface area contributed by atoms with Crippen LogP contribution in [0.4, 0.5) is 23.7 Å². The van der Waals surface area contributed by atoms with Crippen LogP contribution in [0.2, 0.25) is 5.02 Å². The average molecular weight is 470 g/mol. The van der Waals surface area contributed by atoms with Gasteiger partial charge in [-0.05, 0) is 41.9 Å². The molecule has 0 fully saturated rings. The third-order valence-corrected chi connectivity index (χ3v) is 4.09. The summed E-state index contributed by atoms with van der Waals surface area (Å²) in [5.41, 5.74) is -1.15. The fraction of sp³-hybridized carbons (Fsp3) is 0.118. The van der Waals surface area contributed by atoms with Crippen LogP contribution in [0.1, 0.15) is 11.1 Å². The van der Waals surface area contributed by atoms with Crippen molar-refractivity contribution in [3.63, 3.8) is 0 Å². The van der Waals surface area contributed by atoms with E-state index >= 15 is 0 Å². The predicted molar refractivity (Wildman–Crippen MR) is 101 cm³/mol. The largest absolute Gasteiger partial charge is 0.573 e. The first kappa shape index (κ1) is 22.8. The first-order valence-corrected chi connectivity index (χ1v) is 8.83. The van der Waals surface area contributed by atoms with Crippen LogP contribution in [-0.4, -0.2) is 34.4 Å². The predicted octanol–water partition coefficient (Wildman–Crippen LogP) is 5.40. The standard InChI is InChI=1S/C17H10Cl3F3N2O4/c18-8-14(26)25(16(20)27)12-6-5-9(19)7-11(12)15(24-28)10-3-1-2-4-13(10)29-17(21,22)23/h1-7,28H,8H2/b24-15-. The summed E-state index contributed by atoms with van der Waals surface area (Å²) in [4.78, 5) is 24.3. The van der Waals surface area contributed by atoms with Gasteiger partial charge in [0.1, 0.15) is 17.3 Å². The second-order valence-corrected chi connectivity index (χ2v) is 6.30. The van der Waals surface area contributed by atoms with E-state index in [9.17, 15) is 28.0 Å². The number of imide groups is 1. The van der Waals surface area contributed by atoms with Gasteiger partial charge in [-0.25, -0.2) is 4.90 Å². The maximum Gasteiger partial charge on any atom is 0.573 e. The molecule has 0 heterocycles. The Bertz CT molecular complexity index is 967. The summed E-state index contributed by atoms with van der Waals surface area (Å²) in [5.74, 6) is -2.24. The number of hydrogen-bond donors (Lipinski definition) is 1. The molecule has 2 aromatic carbocycles. The van der Waals surface area contributed by atoms with Crippen molar-refractivity contribution in [3.05, 3.63) is 58.6 Å². The van der Waals surface area contributed by atoms with Crippen LogP contribution in [0.25, 0.3) is 0 Å². The zero-order chi connectivity index (χ0) is 21.8. The van der Waals surface area contributed by atoms with Gasteiger partial charge in [0.25, 0.3) is 0 Å². The van der Waals surface area contributed by atoms with Gasteiger partial charge < -0.3 is 9.94 Å². The Morgan fingerprint density at radius 3 is 2.34 bits per heavy atom. The van der Waals surface area contributed by atoms with Gasteiger partial charge in [-0.15, -0.1) is 24.8 Å². The maximum absolute atomic E-state index is 12.7. The highest BCUT2D eigenvalue weighted by Crippen LogP contribution is 2.33. The fourth-order valence-corrected chi connectivity index (χ4v) is 2.89. The molecule has 0 aliphatic rings. The smallest absolute Gasteiger partial charge is 0.410 e. The number of benzene rings is 2. The fourth-order valence-electron chi connectivity index (χ4n) is 2.41. The lowest BCUT2D eigenvalue weighted by atomic mass is 9.99. The number of carbonyl (C=O) groups excluding carboxylic acids is 2. The van der Waals surface area contributed by atoms with Gasteiger partial charge in [-0.1, -0.05) is 28.9 Å². The van der Waals surface area contributed by atoms with Crippen LogP contribution in [0, 0.1) is 0 Å². The van der Waals surface area contributed by atoms with Crippen molar-refractivity contribution in [3.8, 4) is 5.75 Å². The molecule has 0 bridgehead atoms. The molecule has 0 aliphatic heterocycles. The van der Waals surface area contributed by atoms with E-state index < -0.39 is 35.0 Å². The van der Waals surface area contributed by atoms with Gasteiger partial charge in [-0.3, -0.25) is 9.59 Å². The SMILES string of the molecule is O=C(Cl)N(C(=O)CCl)c1ccc(Cl)cc1/C(=N\O)c1ccccc1OC(F)(F)F. The van der Waals surface area contributed by atoms with E-state index in [2.05, 4.69) is 9.89 Å². The number of oxime groups is 1. The summed E-state index contributed by atoms with van der Waals surface area (Å²) in [6, 6.07) is 8.46. The molecule has 0 radical (unpaired) electrons. The summed E-state index contributed by atoms with van der Waals surface area (Å²) in [6.45, 7) is 0. The Hall–Kier alpha value is -2.49. The van der Waals surface area contributed by atoms with Gasteiger partial charge >= 0.3 is 11.7 Å². The van der Waals surface area contributed by atoms with Crippen molar-refractivity contribution >= 4 is 57.5 Å². The molecule has 2 aromatic rings. The van der Waals surface area contributed by atoms with Crippen LogP contribution in [-0.2, 0) is 4.79 Å². The highest BCUT2D eigenvalue weighted by Gasteiger charge is 2.33. The molecule has 0 aliphatic carbocycles. The van der Waals surface area contributed by atoms with Crippen molar-refractivity contribution < 1.29 is 32.7 Å². The molecule has 0 spiro atoms. The number of halogens is 6. The van der Waals surface area contributed by atoms with Gasteiger partial charge in [0.05, 0.1) is 5.69 Å². The van der Waals surface area contributed by atoms with Crippen molar-refractivity contribution in [1.29, 1.82) is 0 Å². The lowest BCUT2D eigenvalue weighted by molar-refractivity contribution is -0.274. The summed E-state index contributed by atoms with van der Waals surface area (Å²) >= 11 is 16.9. The Balaban J connectivity index is 2.72. The number of anilines is 1. The molecule has 1 N–H and O–H groups in total. The lowest BCUT2D eigenvalue weighted by Crippen LogP contribution is -2.35. The van der Waals surface area contributed by atoms with Crippen molar-refractivity contribution in [2.45, 2.75) is 6.36 Å². The number of nitrogens with zero attached hydrogens (tertiary/aromatic N) is 2. The topological polar surface area (TPSA) is 79.2 Å². The minimum atomic E-state index is -5.03. The monoisotopic (exact) mass is 468 g/mol. The summed E-state index contributed by atoms with van der Waals surface area (Å²) in [6.07, 6.45) is -5.03. The second kappa shape index (κ2) is 9.34. The number of amides is 2. The van der Waals surface area contributed by atoms with Crippen LogP contribution in [0.5, 0.6) is 5.75 Å². The first-order valence-electron chi connectivity index (χ1n) is 7.54. The van der Waals surface area contributed by atoms with E-state index in [1.165, 1.54) is 36.4 Å². The first-order chi connectivity index (χ1) is 13.6. The molecule has 12 heteroatoms. The number of ether oxygens (including phenoxy) is 1.